The number of halogens is 1. The van der Waals surface area contributed by atoms with Gasteiger partial charge in [0, 0.05) is 13.3 Å². The van der Waals surface area contributed by atoms with Gasteiger partial charge in [-0.1, -0.05) is 22.9 Å². The molecule has 0 heterocycles. The van der Waals surface area contributed by atoms with Gasteiger partial charge in [0.25, 0.3) is 0 Å². The second-order valence-electron chi connectivity index (χ2n) is 4.30. The fourth-order valence-electron chi connectivity index (χ4n) is 1.30. The lowest BCUT2D eigenvalue weighted by Crippen LogP contribution is -2.47. The summed E-state index contributed by atoms with van der Waals surface area (Å²) in [6, 6.07) is 0. The number of hydrogen-bond donors (Lipinski definition) is 3. The van der Waals surface area contributed by atoms with Crippen LogP contribution in [0, 0.1) is 0 Å². The van der Waals surface area contributed by atoms with E-state index in [9.17, 15) is 29.7 Å². The Hall–Kier alpha value is -0.830. The first-order valence-corrected chi connectivity index (χ1v) is 7.02. The Bertz CT molecular complexity index is 358. The van der Waals surface area contributed by atoms with Crippen LogP contribution in [-0.2, 0) is 19.1 Å². The van der Waals surface area contributed by atoms with Crippen LogP contribution in [0.3, 0.4) is 0 Å². The summed E-state index contributed by atoms with van der Waals surface area (Å²) < 4.78 is 4.68. The SMILES string of the molecule is CCCC(=O)OC[C@@H](O)[C@@H](O)[C@H](O)[C@@H](Br)C(=O)C(C)=O. The quantitative estimate of drug-likeness (QED) is 0.285. The van der Waals surface area contributed by atoms with Crippen LogP contribution in [0.5, 0.6) is 0 Å². The molecule has 8 heteroatoms. The summed E-state index contributed by atoms with van der Waals surface area (Å²) in [7, 11) is 0. The van der Waals surface area contributed by atoms with Crippen molar-refractivity contribution in [3.8, 4) is 0 Å². The second kappa shape index (κ2) is 9.17. The summed E-state index contributed by atoms with van der Waals surface area (Å²) >= 11 is 2.78. The van der Waals surface area contributed by atoms with Gasteiger partial charge in [-0.15, -0.1) is 0 Å². The minimum absolute atomic E-state index is 0.176. The van der Waals surface area contributed by atoms with Crippen molar-refractivity contribution in [3.63, 3.8) is 0 Å². The number of aliphatic hydroxyl groups excluding tert-OH is 3. The molecule has 7 nitrogen and oxygen atoms in total. The smallest absolute Gasteiger partial charge is 0.305 e. The van der Waals surface area contributed by atoms with Crippen LogP contribution < -0.4 is 0 Å². The molecule has 0 aliphatic carbocycles. The summed E-state index contributed by atoms with van der Waals surface area (Å²) in [4.78, 5) is 31.9. The average molecular weight is 355 g/mol. The number of Topliss-reactive ketones (excluding diaryl/α,β-unsaturated/α-hetero) is 2. The van der Waals surface area contributed by atoms with Gasteiger partial charge < -0.3 is 20.1 Å². The fourth-order valence-corrected chi connectivity index (χ4v) is 1.94. The van der Waals surface area contributed by atoms with Gasteiger partial charge in [-0.05, 0) is 6.42 Å². The van der Waals surface area contributed by atoms with Gasteiger partial charge in [0.15, 0.2) is 5.78 Å². The number of ether oxygens (including phenoxy) is 1. The highest BCUT2D eigenvalue weighted by molar-refractivity contribution is 9.10. The molecule has 0 aliphatic heterocycles. The molecule has 0 fully saturated rings. The zero-order chi connectivity index (χ0) is 15.9. The van der Waals surface area contributed by atoms with E-state index in [1.807, 2.05) is 0 Å². The first kappa shape index (κ1) is 19.2. The number of carbonyl (C=O) groups is 3. The third kappa shape index (κ3) is 6.08. The average Bonchev–Trinajstić information content (AvgIpc) is 2.41. The molecular formula is C12H19BrO7. The summed E-state index contributed by atoms with van der Waals surface area (Å²) in [6.07, 6.45) is -4.25. The molecule has 20 heavy (non-hydrogen) atoms. The molecule has 0 bridgehead atoms. The molecule has 0 saturated carbocycles. The Labute approximate surface area is 125 Å². The summed E-state index contributed by atoms with van der Waals surface area (Å²) in [6.45, 7) is 2.29. The summed E-state index contributed by atoms with van der Waals surface area (Å²) in [5.74, 6) is -2.25. The maximum Gasteiger partial charge on any atom is 0.305 e. The predicted octanol–water partition coefficient (Wildman–Crippen LogP) is -0.666. The second-order valence-corrected chi connectivity index (χ2v) is 5.29. The van der Waals surface area contributed by atoms with E-state index in [1.165, 1.54) is 0 Å². The number of ketones is 2. The highest BCUT2D eigenvalue weighted by Gasteiger charge is 2.35. The number of alkyl halides is 1. The Morgan fingerprint density at radius 1 is 1.15 bits per heavy atom. The van der Waals surface area contributed by atoms with Crippen molar-refractivity contribution in [1.29, 1.82) is 0 Å². The maximum absolute atomic E-state index is 11.3. The molecule has 0 spiro atoms. The van der Waals surface area contributed by atoms with Crippen LogP contribution in [0.2, 0.25) is 0 Å². The summed E-state index contributed by atoms with van der Waals surface area (Å²) in [5, 5.41) is 28.9. The van der Waals surface area contributed by atoms with Crippen molar-refractivity contribution >= 4 is 33.5 Å². The fraction of sp³-hybridized carbons (Fsp3) is 0.750. The number of aliphatic hydroxyl groups is 3. The molecule has 4 atom stereocenters. The van der Waals surface area contributed by atoms with E-state index in [0.29, 0.717) is 6.42 Å². The normalized spacial score (nSPS) is 16.9. The van der Waals surface area contributed by atoms with Crippen molar-refractivity contribution in [1.82, 2.24) is 0 Å². The molecule has 0 aliphatic rings. The number of rotatable bonds is 9. The summed E-state index contributed by atoms with van der Waals surface area (Å²) in [5.41, 5.74) is 0. The first-order chi connectivity index (χ1) is 9.22. The van der Waals surface area contributed by atoms with Gasteiger partial charge in [0.05, 0.1) is 0 Å². The molecule has 0 saturated heterocycles. The van der Waals surface area contributed by atoms with Crippen molar-refractivity contribution in [3.05, 3.63) is 0 Å². The molecule has 0 rings (SSSR count). The minimum atomic E-state index is -1.74. The third-order valence-electron chi connectivity index (χ3n) is 2.51. The van der Waals surface area contributed by atoms with Crippen molar-refractivity contribution < 1.29 is 34.4 Å². The highest BCUT2D eigenvalue weighted by Crippen LogP contribution is 2.14. The molecule has 0 unspecified atom stereocenters. The van der Waals surface area contributed by atoms with Gasteiger partial charge in [-0.25, -0.2) is 0 Å². The van der Waals surface area contributed by atoms with Crippen molar-refractivity contribution in [2.24, 2.45) is 0 Å². The molecule has 3 N–H and O–H groups in total. The third-order valence-corrected chi connectivity index (χ3v) is 3.47. The van der Waals surface area contributed by atoms with Crippen molar-refractivity contribution in [2.45, 2.75) is 49.8 Å². The standard InChI is InChI=1S/C12H19BrO7/c1-3-4-8(16)20-5-7(15)11(18)12(19)9(13)10(17)6(2)14/h7,9,11-12,15,18-19H,3-5H2,1-2H3/t7-,9+,11-,12-/m1/s1. The van der Waals surface area contributed by atoms with Crippen LogP contribution >= 0.6 is 15.9 Å². The molecule has 0 aromatic rings. The predicted molar refractivity (Wildman–Crippen MR) is 72.3 cm³/mol. The Balaban J connectivity index is 4.41. The Morgan fingerprint density at radius 3 is 2.15 bits per heavy atom. The highest BCUT2D eigenvalue weighted by atomic mass is 79.9. The van der Waals surface area contributed by atoms with Crippen molar-refractivity contribution in [2.75, 3.05) is 6.61 Å². The van der Waals surface area contributed by atoms with Gasteiger partial charge >= 0.3 is 5.97 Å². The number of esters is 1. The van der Waals surface area contributed by atoms with Crippen LogP contribution in [0.4, 0.5) is 0 Å². The zero-order valence-corrected chi connectivity index (χ0v) is 12.9. The Kier molecular flexibility index (Phi) is 8.79. The van der Waals surface area contributed by atoms with E-state index in [-0.39, 0.29) is 6.42 Å². The number of carbonyl (C=O) groups excluding carboxylic acids is 3. The number of hydrogen-bond acceptors (Lipinski definition) is 7. The zero-order valence-electron chi connectivity index (χ0n) is 11.3. The van der Waals surface area contributed by atoms with Gasteiger partial charge in [-0.2, -0.15) is 0 Å². The molecule has 0 aromatic carbocycles. The van der Waals surface area contributed by atoms with E-state index in [4.69, 9.17) is 0 Å². The van der Waals surface area contributed by atoms with Crippen LogP contribution in [-0.4, -0.2) is 62.6 Å². The minimum Gasteiger partial charge on any atom is -0.463 e. The van der Waals surface area contributed by atoms with E-state index in [0.717, 1.165) is 6.92 Å². The van der Waals surface area contributed by atoms with E-state index < -0.39 is 47.3 Å². The molecular weight excluding hydrogens is 336 g/mol. The van der Waals surface area contributed by atoms with E-state index >= 15 is 0 Å². The molecule has 0 aromatic heterocycles. The van der Waals surface area contributed by atoms with Gasteiger partial charge in [0.2, 0.25) is 5.78 Å². The molecule has 0 amide bonds. The monoisotopic (exact) mass is 354 g/mol. The largest absolute Gasteiger partial charge is 0.463 e. The van der Waals surface area contributed by atoms with Crippen LogP contribution in [0.15, 0.2) is 0 Å². The topological polar surface area (TPSA) is 121 Å². The lowest BCUT2D eigenvalue weighted by molar-refractivity contribution is -0.152. The van der Waals surface area contributed by atoms with Gasteiger partial charge in [0.1, 0.15) is 29.7 Å². The maximum atomic E-state index is 11.3. The molecule has 116 valence electrons. The Morgan fingerprint density at radius 2 is 1.70 bits per heavy atom. The van der Waals surface area contributed by atoms with Gasteiger partial charge in [-0.3, -0.25) is 14.4 Å². The lowest BCUT2D eigenvalue weighted by Gasteiger charge is -2.25. The van der Waals surface area contributed by atoms with E-state index in [2.05, 4.69) is 20.7 Å². The van der Waals surface area contributed by atoms with Crippen LogP contribution in [0.25, 0.3) is 0 Å². The lowest BCUT2D eigenvalue weighted by atomic mass is 10.0. The van der Waals surface area contributed by atoms with E-state index in [1.54, 1.807) is 6.92 Å². The first-order valence-electron chi connectivity index (χ1n) is 6.11. The molecule has 0 radical (unpaired) electrons. The van der Waals surface area contributed by atoms with Crippen LogP contribution in [0.1, 0.15) is 26.7 Å².